The number of halogens is 1. The van der Waals surface area contributed by atoms with E-state index in [1.54, 1.807) is 0 Å². The molecule has 4 nitrogen and oxygen atoms in total. The van der Waals surface area contributed by atoms with E-state index in [2.05, 4.69) is 10.6 Å². The normalized spacial score (nSPS) is 26.3. The van der Waals surface area contributed by atoms with E-state index in [1.807, 2.05) is 38.1 Å². The van der Waals surface area contributed by atoms with E-state index < -0.39 is 0 Å². The molecule has 2 N–H and O–H groups in total. The third-order valence-corrected chi connectivity index (χ3v) is 5.09. The van der Waals surface area contributed by atoms with Gasteiger partial charge >= 0.3 is 0 Å². The fourth-order valence-electron chi connectivity index (χ4n) is 4.03. The van der Waals surface area contributed by atoms with Crippen LogP contribution in [0.4, 0.5) is 0 Å². The maximum atomic E-state index is 12.4. The summed E-state index contributed by atoms with van der Waals surface area (Å²) >= 11 is 0. The van der Waals surface area contributed by atoms with Crippen molar-refractivity contribution in [2.45, 2.75) is 64.1 Å². The summed E-state index contributed by atoms with van der Waals surface area (Å²) in [5.41, 5.74) is 1.09. The second kappa shape index (κ2) is 8.72. The highest BCUT2D eigenvalue weighted by molar-refractivity contribution is 5.85. The first kappa shape index (κ1) is 19.1. The van der Waals surface area contributed by atoms with Crippen LogP contribution in [0.1, 0.15) is 57.6 Å². The van der Waals surface area contributed by atoms with Gasteiger partial charge in [0.15, 0.2) is 0 Å². The predicted molar refractivity (Wildman–Crippen MR) is 98.7 cm³/mol. The quantitative estimate of drug-likeness (QED) is 0.822. The number of benzene rings is 1. The third kappa shape index (κ3) is 4.87. The standard InChI is InChI=1S/C19H28N2O2.ClH/c1-3-23-18-6-4-5-15(12-18)13(2)20-19(22)11-14-9-16-7-8-17(10-14)21-16;/h4-6,12-14,16-17,21H,3,7-11H2,1-2H3,(H,20,22);1H. The zero-order chi connectivity index (χ0) is 16.2. The Kier molecular flexibility index (Phi) is 6.93. The summed E-state index contributed by atoms with van der Waals surface area (Å²) in [5.74, 6) is 1.57. The molecule has 2 bridgehead atoms. The van der Waals surface area contributed by atoms with Gasteiger partial charge in [0, 0.05) is 18.5 Å². The van der Waals surface area contributed by atoms with Gasteiger partial charge in [-0.3, -0.25) is 4.79 Å². The first-order chi connectivity index (χ1) is 11.1. The largest absolute Gasteiger partial charge is 0.494 e. The van der Waals surface area contributed by atoms with Gasteiger partial charge in [-0.15, -0.1) is 12.4 Å². The Morgan fingerprint density at radius 3 is 2.71 bits per heavy atom. The molecule has 0 saturated carbocycles. The number of fused-ring (bicyclic) bond motifs is 2. The molecule has 3 atom stereocenters. The van der Waals surface area contributed by atoms with Crippen molar-refractivity contribution in [1.29, 1.82) is 0 Å². The van der Waals surface area contributed by atoms with Crippen LogP contribution in [0.3, 0.4) is 0 Å². The average Bonchev–Trinajstić information content (AvgIpc) is 2.86. The number of nitrogens with one attached hydrogen (secondary N) is 2. The number of carbonyl (C=O) groups excluding carboxylic acids is 1. The molecule has 2 saturated heterocycles. The van der Waals surface area contributed by atoms with Crippen LogP contribution in [-0.2, 0) is 4.79 Å². The Labute approximate surface area is 151 Å². The molecule has 1 amide bonds. The van der Waals surface area contributed by atoms with Gasteiger partial charge in [0.1, 0.15) is 5.75 Å². The predicted octanol–water partition coefficient (Wildman–Crippen LogP) is 3.61. The maximum Gasteiger partial charge on any atom is 0.220 e. The molecule has 3 unspecified atom stereocenters. The molecule has 134 valence electrons. The van der Waals surface area contributed by atoms with Crippen molar-refractivity contribution >= 4 is 18.3 Å². The van der Waals surface area contributed by atoms with Crippen LogP contribution in [-0.4, -0.2) is 24.6 Å². The summed E-state index contributed by atoms with van der Waals surface area (Å²) in [4.78, 5) is 12.4. The lowest BCUT2D eigenvalue weighted by atomic mass is 9.89. The van der Waals surface area contributed by atoms with Gasteiger partial charge in [-0.05, 0) is 63.1 Å². The van der Waals surface area contributed by atoms with E-state index in [4.69, 9.17) is 4.74 Å². The first-order valence-electron chi connectivity index (χ1n) is 8.92. The fraction of sp³-hybridized carbons (Fsp3) is 0.632. The van der Waals surface area contributed by atoms with Crippen LogP contribution >= 0.6 is 12.4 Å². The molecule has 1 aromatic carbocycles. The molecule has 5 heteroatoms. The zero-order valence-corrected chi connectivity index (χ0v) is 15.4. The van der Waals surface area contributed by atoms with Gasteiger partial charge in [-0.25, -0.2) is 0 Å². The monoisotopic (exact) mass is 352 g/mol. The lowest BCUT2D eigenvalue weighted by Gasteiger charge is -2.29. The van der Waals surface area contributed by atoms with Crippen LogP contribution in [0.2, 0.25) is 0 Å². The van der Waals surface area contributed by atoms with Gasteiger partial charge in [0.2, 0.25) is 5.91 Å². The van der Waals surface area contributed by atoms with E-state index in [0.717, 1.165) is 24.2 Å². The van der Waals surface area contributed by atoms with E-state index in [0.29, 0.717) is 31.0 Å². The van der Waals surface area contributed by atoms with Crippen LogP contribution in [0.15, 0.2) is 24.3 Å². The lowest BCUT2D eigenvalue weighted by Crippen LogP contribution is -2.40. The number of hydrogen-bond donors (Lipinski definition) is 2. The summed E-state index contributed by atoms with van der Waals surface area (Å²) in [7, 11) is 0. The Hall–Kier alpha value is -1.26. The maximum absolute atomic E-state index is 12.4. The number of ether oxygens (including phenoxy) is 1. The van der Waals surface area contributed by atoms with Gasteiger partial charge in [-0.1, -0.05) is 12.1 Å². The van der Waals surface area contributed by atoms with Crippen molar-refractivity contribution in [3.8, 4) is 5.75 Å². The fourth-order valence-corrected chi connectivity index (χ4v) is 4.03. The molecule has 2 fully saturated rings. The molecule has 3 rings (SSSR count). The summed E-state index contributed by atoms with van der Waals surface area (Å²) in [6, 6.07) is 9.29. The van der Waals surface area contributed by atoms with Crippen molar-refractivity contribution < 1.29 is 9.53 Å². The molecule has 24 heavy (non-hydrogen) atoms. The second-order valence-corrected chi connectivity index (χ2v) is 6.97. The third-order valence-electron chi connectivity index (χ3n) is 5.09. The smallest absolute Gasteiger partial charge is 0.220 e. The van der Waals surface area contributed by atoms with E-state index in [-0.39, 0.29) is 24.4 Å². The molecular formula is C19H29ClN2O2. The molecule has 2 aliphatic rings. The van der Waals surface area contributed by atoms with E-state index in [9.17, 15) is 4.79 Å². The van der Waals surface area contributed by atoms with Crippen molar-refractivity contribution in [3.63, 3.8) is 0 Å². The molecule has 0 aliphatic carbocycles. The van der Waals surface area contributed by atoms with Crippen molar-refractivity contribution in [3.05, 3.63) is 29.8 Å². The van der Waals surface area contributed by atoms with E-state index in [1.165, 1.54) is 12.8 Å². The van der Waals surface area contributed by atoms with Crippen LogP contribution in [0, 0.1) is 5.92 Å². The molecule has 1 aromatic rings. The molecule has 0 spiro atoms. The van der Waals surface area contributed by atoms with Crippen molar-refractivity contribution in [2.24, 2.45) is 5.92 Å². The van der Waals surface area contributed by atoms with Gasteiger partial charge in [0.05, 0.1) is 12.6 Å². The Morgan fingerprint density at radius 2 is 2.04 bits per heavy atom. The van der Waals surface area contributed by atoms with Crippen LogP contribution in [0.5, 0.6) is 5.75 Å². The minimum absolute atomic E-state index is 0. The van der Waals surface area contributed by atoms with Crippen molar-refractivity contribution in [2.75, 3.05) is 6.61 Å². The molecular weight excluding hydrogens is 324 g/mol. The SMILES string of the molecule is CCOc1cccc(C(C)NC(=O)CC2CC3CCC(C2)N3)c1.Cl. The van der Waals surface area contributed by atoms with Crippen LogP contribution in [0.25, 0.3) is 0 Å². The highest BCUT2D eigenvalue weighted by Crippen LogP contribution is 2.32. The number of rotatable bonds is 6. The Balaban J connectivity index is 0.00000208. The number of carbonyl (C=O) groups is 1. The van der Waals surface area contributed by atoms with E-state index >= 15 is 0 Å². The molecule has 0 aromatic heterocycles. The van der Waals surface area contributed by atoms with Gasteiger partial charge in [-0.2, -0.15) is 0 Å². The summed E-state index contributed by atoms with van der Waals surface area (Å²) in [6.45, 7) is 4.67. The summed E-state index contributed by atoms with van der Waals surface area (Å²) < 4.78 is 5.53. The minimum atomic E-state index is 0. The highest BCUT2D eigenvalue weighted by atomic mass is 35.5. The summed E-state index contributed by atoms with van der Waals surface area (Å²) in [6.07, 6.45) is 5.52. The molecule has 2 heterocycles. The first-order valence-corrected chi connectivity index (χ1v) is 8.92. The van der Waals surface area contributed by atoms with Crippen molar-refractivity contribution in [1.82, 2.24) is 10.6 Å². The van der Waals surface area contributed by atoms with Crippen LogP contribution < -0.4 is 15.4 Å². The topological polar surface area (TPSA) is 50.4 Å². The highest BCUT2D eigenvalue weighted by Gasteiger charge is 2.34. The zero-order valence-electron chi connectivity index (χ0n) is 14.6. The van der Waals surface area contributed by atoms with Gasteiger partial charge < -0.3 is 15.4 Å². The Morgan fingerprint density at radius 1 is 1.33 bits per heavy atom. The second-order valence-electron chi connectivity index (χ2n) is 6.97. The number of piperidine rings is 1. The Bertz CT molecular complexity index is 540. The number of amides is 1. The van der Waals surface area contributed by atoms with Gasteiger partial charge in [0.25, 0.3) is 0 Å². The molecule has 2 aliphatic heterocycles. The average molecular weight is 353 g/mol. The minimum Gasteiger partial charge on any atom is -0.494 e. The lowest BCUT2D eigenvalue weighted by molar-refractivity contribution is -0.122. The number of hydrogen-bond acceptors (Lipinski definition) is 3. The molecule has 0 radical (unpaired) electrons. The summed E-state index contributed by atoms with van der Waals surface area (Å²) in [5, 5.41) is 6.78.